The van der Waals surface area contributed by atoms with E-state index < -0.39 is 5.97 Å². The Kier molecular flexibility index (Phi) is 2.94. The number of carbonyl (C=O) groups is 1. The number of carboxylic acids is 1. The average molecular weight is 260 g/mol. The molecule has 6 nitrogen and oxygen atoms in total. The number of fused-ring (bicyclic) bond motifs is 1. The van der Waals surface area contributed by atoms with E-state index in [1.165, 1.54) is 6.42 Å². The molecule has 2 aromatic rings. The monoisotopic (exact) mass is 260 g/mol. The second-order valence-electron chi connectivity index (χ2n) is 4.79. The number of carboxylic acid groups (broad SMARTS) is 1. The van der Waals surface area contributed by atoms with Crippen molar-refractivity contribution in [2.24, 2.45) is 0 Å². The van der Waals surface area contributed by atoms with Crippen LogP contribution in [-0.2, 0) is 0 Å². The fourth-order valence-electron chi connectivity index (χ4n) is 2.77. The van der Waals surface area contributed by atoms with Crippen LogP contribution in [0.4, 0.5) is 0 Å². The molecule has 0 radical (unpaired) electrons. The quantitative estimate of drug-likeness (QED) is 0.907. The zero-order chi connectivity index (χ0) is 13.4. The number of hydrogen-bond acceptors (Lipinski definition) is 4. The summed E-state index contributed by atoms with van der Waals surface area (Å²) in [5.74, 6) is -0.0330. The predicted molar refractivity (Wildman–Crippen MR) is 69.2 cm³/mol. The number of nitrogens with zero attached hydrogens (tertiary/aromatic N) is 4. The summed E-state index contributed by atoms with van der Waals surface area (Å²) in [6, 6.07) is 3.44. The second-order valence-corrected chi connectivity index (χ2v) is 4.79. The molecule has 1 N–H and O–H groups in total. The summed E-state index contributed by atoms with van der Waals surface area (Å²) >= 11 is 0. The van der Waals surface area contributed by atoms with Crippen LogP contribution in [0.3, 0.4) is 0 Å². The molecule has 100 valence electrons. The normalized spacial score (nSPS) is 20.2. The molecule has 0 aromatic carbocycles. The van der Waals surface area contributed by atoms with Gasteiger partial charge in [0, 0.05) is 6.20 Å². The SMILES string of the molecule is CCN1CCCC1c1nnc2cc(C(=O)O)ccn12. The second kappa shape index (κ2) is 4.62. The molecule has 1 saturated heterocycles. The summed E-state index contributed by atoms with van der Waals surface area (Å²) in [5.41, 5.74) is 0.836. The van der Waals surface area contributed by atoms with Crippen LogP contribution >= 0.6 is 0 Å². The highest BCUT2D eigenvalue weighted by molar-refractivity contribution is 5.88. The number of aromatic nitrogens is 3. The summed E-state index contributed by atoms with van der Waals surface area (Å²) < 4.78 is 1.89. The number of aromatic carboxylic acids is 1. The molecule has 0 aliphatic carbocycles. The van der Waals surface area contributed by atoms with Gasteiger partial charge in [-0.05, 0) is 38.1 Å². The van der Waals surface area contributed by atoms with Crippen molar-refractivity contribution in [3.8, 4) is 0 Å². The highest BCUT2D eigenvalue weighted by atomic mass is 16.4. The summed E-state index contributed by atoms with van der Waals surface area (Å²) in [7, 11) is 0. The Hall–Kier alpha value is -1.95. The van der Waals surface area contributed by atoms with Crippen molar-refractivity contribution in [2.75, 3.05) is 13.1 Å². The van der Waals surface area contributed by atoms with Gasteiger partial charge in [-0.2, -0.15) is 0 Å². The topological polar surface area (TPSA) is 70.7 Å². The number of hydrogen-bond donors (Lipinski definition) is 1. The van der Waals surface area contributed by atoms with E-state index in [1.54, 1.807) is 18.3 Å². The number of rotatable bonds is 3. The standard InChI is InChI=1S/C13H16N4O2/c1-2-16-6-3-4-10(16)12-15-14-11-8-9(13(18)19)5-7-17(11)12/h5,7-8,10H,2-4,6H2,1H3,(H,18,19). The first-order chi connectivity index (χ1) is 9.20. The van der Waals surface area contributed by atoms with E-state index >= 15 is 0 Å². The zero-order valence-electron chi connectivity index (χ0n) is 10.8. The van der Waals surface area contributed by atoms with E-state index in [4.69, 9.17) is 5.11 Å². The van der Waals surface area contributed by atoms with Gasteiger partial charge in [-0.15, -0.1) is 10.2 Å². The van der Waals surface area contributed by atoms with Gasteiger partial charge in [0.05, 0.1) is 11.6 Å². The summed E-state index contributed by atoms with van der Waals surface area (Å²) in [6.45, 7) is 4.22. The minimum absolute atomic E-state index is 0.241. The van der Waals surface area contributed by atoms with E-state index in [0.717, 1.165) is 25.3 Å². The molecule has 1 fully saturated rings. The summed E-state index contributed by atoms with van der Waals surface area (Å²) in [5, 5.41) is 17.3. The molecule has 1 unspecified atom stereocenters. The molecule has 0 spiro atoms. The van der Waals surface area contributed by atoms with Crippen LogP contribution in [0, 0.1) is 0 Å². The number of pyridine rings is 1. The van der Waals surface area contributed by atoms with Crippen LogP contribution in [0.15, 0.2) is 18.3 Å². The molecular weight excluding hydrogens is 244 g/mol. The average Bonchev–Trinajstić information content (AvgIpc) is 3.03. The van der Waals surface area contributed by atoms with Gasteiger partial charge in [0.25, 0.3) is 0 Å². The van der Waals surface area contributed by atoms with Crippen molar-refractivity contribution >= 4 is 11.6 Å². The Labute approximate surface area is 110 Å². The molecular formula is C13H16N4O2. The first-order valence-electron chi connectivity index (χ1n) is 6.52. The highest BCUT2D eigenvalue weighted by Gasteiger charge is 2.28. The van der Waals surface area contributed by atoms with Gasteiger partial charge in [-0.25, -0.2) is 4.79 Å². The van der Waals surface area contributed by atoms with Crippen LogP contribution in [-0.4, -0.2) is 43.7 Å². The lowest BCUT2D eigenvalue weighted by atomic mass is 10.2. The molecule has 3 heterocycles. The fourth-order valence-corrected chi connectivity index (χ4v) is 2.77. The minimum Gasteiger partial charge on any atom is -0.478 e. The molecule has 1 atom stereocenters. The van der Waals surface area contributed by atoms with Crippen molar-refractivity contribution in [1.29, 1.82) is 0 Å². The molecule has 1 aliphatic heterocycles. The maximum atomic E-state index is 10.9. The van der Waals surface area contributed by atoms with Crippen molar-refractivity contribution in [3.63, 3.8) is 0 Å². The van der Waals surface area contributed by atoms with Gasteiger partial charge in [-0.3, -0.25) is 9.30 Å². The van der Waals surface area contributed by atoms with E-state index in [9.17, 15) is 4.79 Å². The minimum atomic E-state index is -0.942. The molecule has 19 heavy (non-hydrogen) atoms. The lowest BCUT2D eigenvalue weighted by Crippen LogP contribution is -2.24. The Morgan fingerprint density at radius 3 is 3.11 bits per heavy atom. The van der Waals surface area contributed by atoms with Gasteiger partial charge in [0.15, 0.2) is 11.5 Å². The lowest BCUT2D eigenvalue weighted by Gasteiger charge is -2.20. The third-order valence-corrected chi connectivity index (χ3v) is 3.75. The third kappa shape index (κ3) is 1.98. The van der Waals surface area contributed by atoms with Crippen molar-refractivity contribution in [2.45, 2.75) is 25.8 Å². The van der Waals surface area contributed by atoms with Gasteiger partial charge in [0.2, 0.25) is 0 Å². The van der Waals surface area contributed by atoms with Gasteiger partial charge in [-0.1, -0.05) is 6.92 Å². The highest BCUT2D eigenvalue weighted by Crippen LogP contribution is 2.30. The first-order valence-corrected chi connectivity index (χ1v) is 6.52. The van der Waals surface area contributed by atoms with Crippen molar-refractivity contribution in [1.82, 2.24) is 19.5 Å². The third-order valence-electron chi connectivity index (χ3n) is 3.75. The van der Waals surface area contributed by atoms with E-state index in [2.05, 4.69) is 22.0 Å². The Morgan fingerprint density at radius 2 is 2.37 bits per heavy atom. The van der Waals surface area contributed by atoms with Gasteiger partial charge in [0.1, 0.15) is 0 Å². The first kappa shape index (κ1) is 12.1. The fraction of sp³-hybridized carbons (Fsp3) is 0.462. The van der Waals surface area contributed by atoms with E-state index in [1.807, 2.05) is 4.40 Å². The molecule has 0 bridgehead atoms. The van der Waals surface area contributed by atoms with Crippen LogP contribution in [0.2, 0.25) is 0 Å². The van der Waals surface area contributed by atoms with Crippen molar-refractivity contribution < 1.29 is 9.90 Å². The maximum Gasteiger partial charge on any atom is 0.335 e. The Morgan fingerprint density at radius 1 is 1.53 bits per heavy atom. The van der Waals surface area contributed by atoms with Gasteiger partial charge >= 0.3 is 5.97 Å². The largest absolute Gasteiger partial charge is 0.478 e. The smallest absolute Gasteiger partial charge is 0.335 e. The van der Waals surface area contributed by atoms with Gasteiger partial charge < -0.3 is 5.11 Å². The predicted octanol–water partition coefficient (Wildman–Crippen LogP) is 1.58. The van der Waals surface area contributed by atoms with E-state index in [0.29, 0.717) is 5.65 Å². The maximum absolute atomic E-state index is 10.9. The molecule has 0 amide bonds. The number of likely N-dealkylation sites (tertiary alicyclic amines) is 1. The molecule has 3 rings (SSSR count). The lowest BCUT2D eigenvalue weighted by molar-refractivity contribution is 0.0697. The Balaban J connectivity index is 2.03. The molecule has 2 aromatic heterocycles. The molecule has 6 heteroatoms. The molecule has 0 saturated carbocycles. The van der Waals surface area contributed by atoms with Crippen LogP contribution < -0.4 is 0 Å². The summed E-state index contributed by atoms with van der Waals surface area (Å²) in [4.78, 5) is 13.3. The molecule has 1 aliphatic rings. The van der Waals surface area contributed by atoms with Crippen molar-refractivity contribution in [3.05, 3.63) is 29.7 Å². The van der Waals surface area contributed by atoms with E-state index in [-0.39, 0.29) is 11.6 Å². The summed E-state index contributed by atoms with van der Waals surface area (Å²) in [6.07, 6.45) is 4.00. The Bertz CT molecular complexity index is 622. The zero-order valence-corrected chi connectivity index (χ0v) is 10.8. The van der Waals surface area contributed by atoms with Crippen LogP contribution in [0.1, 0.15) is 42.0 Å². The van der Waals surface area contributed by atoms with Crippen LogP contribution in [0.25, 0.3) is 5.65 Å². The van der Waals surface area contributed by atoms with Crippen LogP contribution in [0.5, 0.6) is 0 Å².